The van der Waals surface area contributed by atoms with Gasteiger partial charge in [0.1, 0.15) is 0 Å². The molecule has 0 aromatic carbocycles. The third kappa shape index (κ3) is 19.3. The first kappa shape index (κ1) is 8.84. The van der Waals surface area contributed by atoms with Crippen LogP contribution in [0.25, 0.3) is 0 Å². The van der Waals surface area contributed by atoms with Gasteiger partial charge in [-0.15, -0.1) is 0 Å². The molecule has 26 valence electrons. The maximum atomic E-state index is 7.26. The Morgan fingerprint density at radius 2 is 1.20 bits per heavy atom. The molecule has 2 nitrogen and oxygen atoms in total. The molecule has 0 N–H and O–H groups in total. The van der Waals surface area contributed by atoms with Gasteiger partial charge < -0.3 is 0 Å². The minimum atomic E-state index is 0. The van der Waals surface area contributed by atoms with Gasteiger partial charge in [-0.2, -0.15) is 10.5 Å². The van der Waals surface area contributed by atoms with Crippen LogP contribution in [0, 0.1) is 22.7 Å². The van der Waals surface area contributed by atoms with Crippen LogP contribution in [0.5, 0.6) is 0 Å². The summed E-state index contributed by atoms with van der Waals surface area (Å²) in [5.41, 5.74) is 0. The Balaban J connectivity index is 0. The van der Waals surface area contributed by atoms with Gasteiger partial charge >= 0.3 is 24.4 Å². The van der Waals surface area contributed by atoms with Crippen LogP contribution in [-0.4, -0.2) is 24.4 Å². The van der Waals surface area contributed by atoms with E-state index in [0.29, 0.717) is 0 Å². The molecule has 0 radical (unpaired) electrons. The molecule has 0 bridgehead atoms. The second kappa shape index (κ2) is 9.20. The number of nitrogens with zero attached hydrogens (tertiary/aromatic N) is 2. The predicted molar refractivity (Wildman–Crippen MR) is 21.2 cm³/mol. The molecule has 0 aromatic heterocycles. The van der Waals surface area contributed by atoms with Crippen molar-refractivity contribution in [3.8, 4) is 12.1 Å². The second-order valence-corrected chi connectivity index (χ2v) is 0.224. The minimum absolute atomic E-state index is 0. The molecule has 5 heavy (non-hydrogen) atoms. The fraction of sp³-hybridized carbons (Fsp3) is 0. The van der Waals surface area contributed by atoms with Gasteiger partial charge in [-0.3, -0.25) is 0 Å². The number of hydrogen-bond acceptors (Lipinski definition) is 2. The molecule has 3 heteroatoms. The Morgan fingerprint density at radius 3 is 1.20 bits per heavy atom. The Kier molecular flexibility index (Phi) is 16.3. The van der Waals surface area contributed by atoms with Crippen molar-refractivity contribution in [2.45, 2.75) is 0 Å². The van der Waals surface area contributed by atoms with Crippen LogP contribution in [-0.2, 0) is 0 Å². The van der Waals surface area contributed by atoms with E-state index in [0.717, 1.165) is 0 Å². The fourth-order valence-corrected chi connectivity index (χ4v) is 0. The third-order valence-corrected chi connectivity index (χ3v) is 0.0500. The van der Waals surface area contributed by atoms with Gasteiger partial charge in [0.2, 0.25) is 0 Å². The van der Waals surface area contributed by atoms with Crippen molar-refractivity contribution in [3.05, 3.63) is 0 Å². The van der Waals surface area contributed by atoms with Gasteiger partial charge in [-0.25, -0.2) is 0 Å². The van der Waals surface area contributed by atoms with E-state index < -0.39 is 0 Å². The summed E-state index contributed by atoms with van der Waals surface area (Å²) >= 11 is 0. The van der Waals surface area contributed by atoms with E-state index in [-0.39, 0.29) is 24.4 Å². The first-order valence-corrected chi connectivity index (χ1v) is 0.697. The normalized spacial score (nSPS) is 2.00. The molecule has 0 amide bonds. The standard InChI is InChI=1S/C2N2.Sb.3H/c3-1-2-4;;;;. The van der Waals surface area contributed by atoms with Gasteiger partial charge in [-0.05, 0) is 0 Å². The van der Waals surface area contributed by atoms with Crippen LogP contribution in [0.15, 0.2) is 0 Å². The van der Waals surface area contributed by atoms with Gasteiger partial charge in [0.05, 0.1) is 0 Å². The molecular weight excluding hydrogens is 174 g/mol. The van der Waals surface area contributed by atoms with E-state index in [9.17, 15) is 0 Å². The Bertz CT molecular complexity index is 62.6. The summed E-state index contributed by atoms with van der Waals surface area (Å²) < 4.78 is 0. The van der Waals surface area contributed by atoms with E-state index in [1.165, 1.54) is 12.1 Å². The van der Waals surface area contributed by atoms with Gasteiger partial charge in [0.25, 0.3) is 0 Å². The third-order valence-electron chi connectivity index (χ3n) is 0.0500. The van der Waals surface area contributed by atoms with Gasteiger partial charge in [-0.1, -0.05) is 0 Å². The van der Waals surface area contributed by atoms with Crippen LogP contribution in [0.3, 0.4) is 0 Å². The first-order valence-electron chi connectivity index (χ1n) is 0.697. The quantitative estimate of drug-likeness (QED) is 0.438. The molecule has 0 saturated carbocycles. The average molecular weight is 177 g/mol. The Labute approximate surface area is 47.5 Å². The number of rotatable bonds is 0. The van der Waals surface area contributed by atoms with E-state index in [4.69, 9.17) is 10.5 Å². The van der Waals surface area contributed by atoms with E-state index >= 15 is 0 Å². The molecule has 0 aliphatic rings. The van der Waals surface area contributed by atoms with Crippen LogP contribution < -0.4 is 0 Å². The van der Waals surface area contributed by atoms with Crippen molar-refractivity contribution < 1.29 is 0 Å². The van der Waals surface area contributed by atoms with Crippen molar-refractivity contribution in [1.82, 2.24) is 0 Å². The zero-order valence-corrected chi connectivity index (χ0v) is 6.64. The van der Waals surface area contributed by atoms with Crippen molar-refractivity contribution in [2.24, 2.45) is 0 Å². The van der Waals surface area contributed by atoms with Crippen LogP contribution in [0.2, 0.25) is 0 Å². The summed E-state index contributed by atoms with van der Waals surface area (Å²) in [6.45, 7) is 0. The van der Waals surface area contributed by atoms with Gasteiger partial charge in [0.15, 0.2) is 12.1 Å². The zero-order valence-electron chi connectivity index (χ0n) is 2.60. The molecule has 0 spiro atoms. The van der Waals surface area contributed by atoms with Crippen LogP contribution in [0.4, 0.5) is 0 Å². The average Bonchev–Trinajstić information content (AvgIpc) is 1.37. The van der Waals surface area contributed by atoms with E-state index in [1.54, 1.807) is 0 Å². The van der Waals surface area contributed by atoms with Crippen molar-refractivity contribution in [1.29, 1.82) is 10.5 Å². The molecule has 0 heterocycles. The number of hydrogen-bond donors (Lipinski definition) is 0. The summed E-state index contributed by atoms with van der Waals surface area (Å²) in [6.07, 6.45) is 0. The van der Waals surface area contributed by atoms with Gasteiger partial charge in [0, 0.05) is 0 Å². The topological polar surface area (TPSA) is 47.6 Å². The molecule has 0 rings (SSSR count). The SMILES string of the molecule is N#CC#N.[SbH3]. The van der Waals surface area contributed by atoms with Crippen LogP contribution >= 0.6 is 0 Å². The van der Waals surface area contributed by atoms with E-state index in [2.05, 4.69) is 0 Å². The summed E-state index contributed by atoms with van der Waals surface area (Å²) in [7, 11) is 0. The summed E-state index contributed by atoms with van der Waals surface area (Å²) in [5.74, 6) is 0. The molecule has 0 fully saturated rings. The Hall–Kier alpha value is -0.202. The molecule has 0 saturated heterocycles. The predicted octanol–water partition coefficient (Wildman–Crippen LogP) is -1.15. The molecular formula is C2H3N2Sb. The molecule has 0 aliphatic carbocycles. The summed E-state index contributed by atoms with van der Waals surface area (Å²) in [5, 5.41) is 14.5. The number of nitriles is 2. The maximum absolute atomic E-state index is 7.26. The molecule has 0 aromatic rings. The summed E-state index contributed by atoms with van der Waals surface area (Å²) in [6, 6.07) is 2.47. The van der Waals surface area contributed by atoms with Crippen LogP contribution in [0.1, 0.15) is 0 Å². The van der Waals surface area contributed by atoms with Crippen molar-refractivity contribution >= 4 is 24.4 Å². The van der Waals surface area contributed by atoms with Crippen molar-refractivity contribution in [3.63, 3.8) is 0 Å². The molecule has 0 unspecified atom stereocenters. The molecule has 0 aliphatic heterocycles. The molecule has 0 atom stereocenters. The second-order valence-electron chi connectivity index (χ2n) is 0.224. The van der Waals surface area contributed by atoms with Crippen molar-refractivity contribution in [2.75, 3.05) is 0 Å². The fourth-order valence-electron chi connectivity index (χ4n) is 0. The Morgan fingerprint density at radius 1 is 1.00 bits per heavy atom. The monoisotopic (exact) mass is 176 g/mol. The summed E-state index contributed by atoms with van der Waals surface area (Å²) in [4.78, 5) is 0. The van der Waals surface area contributed by atoms with E-state index in [1.807, 2.05) is 0 Å². The first-order chi connectivity index (χ1) is 1.91. The zero-order chi connectivity index (χ0) is 3.41.